The smallest absolute Gasteiger partial charge is 0.225 e. The number of nitrogens with two attached hydrogens (primary N) is 1. The summed E-state index contributed by atoms with van der Waals surface area (Å²) in [5.74, 6) is 0.941. The first-order valence-electron chi connectivity index (χ1n) is 8.73. The zero-order valence-electron chi connectivity index (χ0n) is 14.0. The van der Waals surface area contributed by atoms with Crippen LogP contribution in [-0.4, -0.2) is 49.6 Å². The van der Waals surface area contributed by atoms with Gasteiger partial charge in [-0.2, -0.15) is 0 Å². The average molecular weight is 316 g/mol. The van der Waals surface area contributed by atoms with Crippen molar-refractivity contribution in [2.24, 2.45) is 11.7 Å². The van der Waals surface area contributed by atoms with Crippen molar-refractivity contribution in [3.05, 3.63) is 24.3 Å². The predicted molar refractivity (Wildman–Crippen MR) is 94.7 cm³/mol. The SMILES string of the molecule is CC(N)CC(=O)Nc1cccc(N2CCN(CC3CC3)CC2)c1. The van der Waals surface area contributed by atoms with Crippen molar-refractivity contribution in [1.29, 1.82) is 0 Å². The number of amides is 1. The first-order valence-corrected chi connectivity index (χ1v) is 8.73. The van der Waals surface area contributed by atoms with Crippen molar-refractivity contribution in [2.45, 2.75) is 32.2 Å². The fraction of sp³-hybridized carbons (Fsp3) is 0.611. The van der Waals surface area contributed by atoms with Crippen LogP contribution in [0.5, 0.6) is 0 Å². The quantitative estimate of drug-likeness (QED) is 0.841. The Morgan fingerprint density at radius 1 is 1.30 bits per heavy atom. The summed E-state index contributed by atoms with van der Waals surface area (Å²) >= 11 is 0. The van der Waals surface area contributed by atoms with Crippen molar-refractivity contribution in [3.63, 3.8) is 0 Å². The first-order chi connectivity index (χ1) is 11.1. The Kier molecular flexibility index (Phi) is 5.18. The van der Waals surface area contributed by atoms with Gasteiger partial charge in [0, 0.05) is 56.6 Å². The number of anilines is 2. The molecule has 0 aromatic heterocycles. The molecule has 2 aliphatic rings. The van der Waals surface area contributed by atoms with E-state index in [2.05, 4.69) is 27.2 Å². The molecule has 3 N–H and O–H groups in total. The van der Waals surface area contributed by atoms with Gasteiger partial charge in [-0.1, -0.05) is 6.07 Å². The second kappa shape index (κ2) is 7.32. The highest BCUT2D eigenvalue weighted by Gasteiger charge is 2.26. The van der Waals surface area contributed by atoms with E-state index in [1.807, 2.05) is 19.1 Å². The van der Waals surface area contributed by atoms with E-state index >= 15 is 0 Å². The molecule has 1 aromatic carbocycles. The second-order valence-corrected chi connectivity index (χ2v) is 7.01. The summed E-state index contributed by atoms with van der Waals surface area (Å²) < 4.78 is 0. The van der Waals surface area contributed by atoms with Gasteiger partial charge in [-0.25, -0.2) is 0 Å². The third-order valence-corrected chi connectivity index (χ3v) is 4.59. The predicted octanol–water partition coefficient (Wildman–Crippen LogP) is 1.89. The number of hydrogen-bond acceptors (Lipinski definition) is 4. The number of nitrogens with one attached hydrogen (secondary N) is 1. The molecule has 1 saturated heterocycles. The van der Waals surface area contributed by atoms with Crippen LogP contribution in [0, 0.1) is 5.92 Å². The van der Waals surface area contributed by atoms with Crippen LogP contribution in [0.2, 0.25) is 0 Å². The minimum atomic E-state index is -0.113. The summed E-state index contributed by atoms with van der Waals surface area (Å²) in [5, 5.41) is 2.94. The molecule has 2 fully saturated rings. The largest absolute Gasteiger partial charge is 0.369 e. The monoisotopic (exact) mass is 316 g/mol. The second-order valence-electron chi connectivity index (χ2n) is 7.01. The Labute approximate surface area is 138 Å². The van der Waals surface area contributed by atoms with Gasteiger partial charge < -0.3 is 16.0 Å². The van der Waals surface area contributed by atoms with Gasteiger partial charge in [0.1, 0.15) is 0 Å². The maximum absolute atomic E-state index is 11.9. The number of carbonyl (C=O) groups is 1. The standard InChI is InChI=1S/C18H28N4O/c1-14(19)11-18(23)20-16-3-2-4-17(12-16)22-9-7-21(8-10-22)13-15-5-6-15/h2-4,12,14-15H,5-11,13,19H2,1H3,(H,20,23). The topological polar surface area (TPSA) is 61.6 Å². The molecular formula is C18H28N4O. The maximum atomic E-state index is 11.9. The summed E-state index contributed by atoms with van der Waals surface area (Å²) in [5.41, 5.74) is 7.72. The van der Waals surface area contributed by atoms with E-state index in [-0.39, 0.29) is 11.9 Å². The van der Waals surface area contributed by atoms with E-state index in [1.165, 1.54) is 25.1 Å². The summed E-state index contributed by atoms with van der Waals surface area (Å²) in [6, 6.07) is 8.02. The lowest BCUT2D eigenvalue weighted by Gasteiger charge is -2.36. The van der Waals surface area contributed by atoms with Crippen LogP contribution in [-0.2, 0) is 4.79 Å². The normalized spacial score (nSPS) is 20.3. The van der Waals surface area contributed by atoms with E-state index in [9.17, 15) is 4.79 Å². The molecule has 5 nitrogen and oxygen atoms in total. The molecule has 1 amide bonds. The van der Waals surface area contributed by atoms with Crippen LogP contribution >= 0.6 is 0 Å². The number of hydrogen-bond donors (Lipinski definition) is 2. The third-order valence-electron chi connectivity index (χ3n) is 4.59. The fourth-order valence-corrected chi connectivity index (χ4v) is 3.14. The van der Waals surface area contributed by atoms with Crippen LogP contribution in [0.1, 0.15) is 26.2 Å². The molecule has 1 heterocycles. The molecule has 23 heavy (non-hydrogen) atoms. The Hall–Kier alpha value is -1.59. The molecule has 0 radical (unpaired) electrons. The van der Waals surface area contributed by atoms with E-state index in [4.69, 9.17) is 5.73 Å². The number of piperazine rings is 1. The molecule has 1 saturated carbocycles. The summed E-state index contributed by atoms with van der Waals surface area (Å²) in [4.78, 5) is 16.8. The molecule has 5 heteroatoms. The molecular weight excluding hydrogens is 288 g/mol. The highest BCUT2D eigenvalue weighted by Crippen LogP contribution is 2.30. The summed E-state index contributed by atoms with van der Waals surface area (Å²) in [6.45, 7) is 7.52. The van der Waals surface area contributed by atoms with E-state index in [0.717, 1.165) is 37.8 Å². The van der Waals surface area contributed by atoms with Gasteiger partial charge in [-0.3, -0.25) is 9.69 Å². The van der Waals surface area contributed by atoms with Crippen molar-refractivity contribution < 1.29 is 4.79 Å². The van der Waals surface area contributed by atoms with E-state index in [1.54, 1.807) is 0 Å². The Balaban J connectivity index is 1.53. The number of benzene rings is 1. The van der Waals surface area contributed by atoms with Gasteiger partial charge >= 0.3 is 0 Å². The van der Waals surface area contributed by atoms with Crippen molar-refractivity contribution in [3.8, 4) is 0 Å². The van der Waals surface area contributed by atoms with Crippen molar-refractivity contribution in [1.82, 2.24) is 4.90 Å². The number of rotatable bonds is 6. The molecule has 126 valence electrons. The minimum Gasteiger partial charge on any atom is -0.369 e. The van der Waals surface area contributed by atoms with Crippen LogP contribution in [0.15, 0.2) is 24.3 Å². The molecule has 1 atom stereocenters. The molecule has 1 unspecified atom stereocenters. The summed E-state index contributed by atoms with van der Waals surface area (Å²) in [6.07, 6.45) is 3.19. The zero-order chi connectivity index (χ0) is 16.2. The molecule has 1 aromatic rings. The Bertz CT molecular complexity index is 534. The van der Waals surface area contributed by atoms with Crippen LogP contribution in [0.25, 0.3) is 0 Å². The first kappa shape index (κ1) is 16.3. The van der Waals surface area contributed by atoms with Crippen LogP contribution in [0.3, 0.4) is 0 Å². The highest BCUT2D eigenvalue weighted by atomic mass is 16.1. The lowest BCUT2D eigenvalue weighted by atomic mass is 10.2. The van der Waals surface area contributed by atoms with E-state index < -0.39 is 0 Å². The molecule has 0 spiro atoms. The average Bonchev–Trinajstić information content (AvgIpc) is 3.31. The van der Waals surface area contributed by atoms with Gasteiger partial charge in [-0.05, 0) is 43.9 Å². The fourth-order valence-electron chi connectivity index (χ4n) is 3.14. The molecule has 3 rings (SSSR count). The highest BCUT2D eigenvalue weighted by molar-refractivity contribution is 5.91. The number of nitrogens with zero attached hydrogens (tertiary/aromatic N) is 2. The molecule has 0 bridgehead atoms. The lowest BCUT2D eigenvalue weighted by Crippen LogP contribution is -2.47. The van der Waals surface area contributed by atoms with Gasteiger partial charge in [0.05, 0.1) is 0 Å². The lowest BCUT2D eigenvalue weighted by molar-refractivity contribution is -0.116. The molecule has 1 aliphatic heterocycles. The van der Waals surface area contributed by atoms with Gasteiger partial charge in [0.2, 0.25) is 5.91 Å². The van der Waals surface area contributed by atoms with Gasteiger partial charge in [-0.15, -0.1) is 0 Å². The van der Waals surface area contributed by atoms with Crippen molar-refractivity contribution in [2.75, 3.05) is 42.9 Å². The van der Waals surface area contributed by atoms with Crippen molar-refractivity contribution >= 4 is 17.3 Å². The Morgan fingerprint density at radius 2 is 2.04 bits per heavy atom. The van der Waals surface area contributed by atoms with Gasteiger partial charge in [0.15, 0.2) is 0 Å². The van der Waals surface area contributed by atoms with Crippen LogP contribution in [0.4, 0.5) is 11.4 Å². The zero-order valence-corrected chi connectivity index (χ0v) is 14.0. The minimum absolute atomic E-state index is 0.0218. The summed E-state index contributed by atoms with van der Waals surface area (Å²) in [7, 11) is 0. The third kappa shape index (κ3) is 4.94. The Morgan fingerprint density at radius 3 is 2.70 bits per heavy atom. The maximum Gasteiger partial charge on any atom is 0.225 e. The molecule has 1 aliphatic carbocycles. The van der Waals surface area contributed by atoms with E-state index in [0.29, 0.717) is 6.42 Å². The number of carbonyl (C=O) groups excluding carboxylic acids is 1. The van der Waals surface area contributed by atoms with Crippen LogP contribution < -0.4 is 16.0 Å². The van der Waals surface area contributed by atoms with Gasteiger partial charge in [0.25, 0.3) is 0 Å².